The van der Waals surface area contributed by atoms with E-state index in [4.69, 9.17) is 4.43 Å². The first-order valence-corrected chi connectivity index (χ1v) is 12.1. The summed E-state index contributed by atoms with van der Waals surface area (Å²) >= 11 is 0. The molecule has 3 saturated carbocycles. The van der Waals surface area contributed by atoms with Crippen molar-refractivity contribution in [3.63, 3.8) is 0 Å². The Kier molecular flexibility index (Phi) is 3.53. The Balaban J connectivity index is 1.52. The molecule has 3 aliphatic carbocycles. The summed E-state index contributed by atoms with van der Waals surface area (Å²) in [6.07, 6.45) is 1.11. The molecule has 28 heavy (non-hydrogen) atoms. The summed E-state index contributed by atoms with van der Waals surface area (Å²) in [6.45, 7) is 0. The van der Waals surface area contributed by atoms with Gasteiger partial charge in [-0.05, 0) is 33.8 Å². The van der Waals surface area contributed by atoms with Crippen molar-refractivity contribution in [3.8, 4) is 0 Å². The smallest absolute Gasteiger partial charge is 0.288 e. The zero-order chi connectivity index (χ0) is 18.7. The average molecular weight is 383 g/mol. The third-order valence-electron chi connectivity index (χ3n) is 7.08. The molecular weight excluding hydrogens is 360 g/mol. The molecule has 138 valence electrons. The fraction of sp³-hybridized carbons (Fsp3) is 0.240. The summed E-state index contributed by atoms with van der Waals surface area (Å²) in [5.41, 5.74) is 0. The van der Waals surface area contributed by atoms with Crippen LogP contribution in [0.1, 0.15) is 6.42 Å². The third kappa shape index (κ3) is 2.15. The zero-order valence-electron chi connectivity index (χ0n) is 15.6. The lowest BCUT2D eigenvalue weighted by Gasteiger charge is -2.38. The Morgan fingerprint density at radius 3 is 1.50 bits per heavy atom. The molecule has 0 N–H and O–H groups in total. The summed E-state index contributed by atoms with van der Waals surface area (Å²) < 4.78 is 7.25. The normalized spacial score (nSPS) is 29.9. The van der Waals surface area contributed by atoms with E-state index in [9.17, 15) is 4.79 Å². The van der Waals surface area contributed by atoms with Crippen LogP contribution in [0, 0.1) is 23.7 Å². The first-order chi connectivity index (χ1) is 13.8. The maximum Gasteiger partial charge on any atom is 0.288 e. The average Bonchev–Trinajstić information content (AvgIpc) is 3.36. The lowest BCUT2D eigenvalue weighted by atomic mass is 9.80. The van der Waals surface area contributed by atoms with Crippen LogP contribution in [-0.2, 0) is 9.22 Å². The molecule has 3 aromatic rings. The number of carbonyl (C=O) groups excluding carboxylic acids is 1. The number of hydrogen-bond donors (Lipinski definition) is 0. The minimum atomic E-state index is -2.65. The number of fused-ring (bicyclic) bond motifs is 1. The number of carbonyl (C=O) groups is 1. The van der Waals surface area contributed by atoms with Crippen molar-refractivity contribution in [3.05, 3.63) is 91.0 Å². The minimum absolute atomic E-state index is 0.199. The van der Waals surface area contributed by atoms with Gasteiger partial charge in [-0.3, -0.25) is 4.79 Å². The van der Waals surface area contributed by atoms with Gasteiger partial charge in [-0.2, -0.15) is 0 Å². The van der Waals surface area contributed by atoms with E-state index in [1.807, 2.05) is 0 Å². The molecule has 3 fully saturated rings. The first kappa shape index (κ1) is 16.5. The summed E-state index contributed by atoms with van der Waals surface area (Å²) in [6, 6.07) is 32.2. The molecule has 5 atom stereocenters. The van der Waals surface area contributed by atoms with Gasteiger partial charge in [0.25, 0.3) is 8.32 Å². The van der Waals surface area contributed by atoms with Gasteiger partial charge in [0.05, 0.1) is 6.10 Å². The van der Waals surface area contributed by atoms with E-state index in [1.165, 1.54) is 15.6 Å². The Hall–Kier alpha value is -2.49. The number of rotatable bonds is 5. The van der Waals surface area contributed by atoms with Gasteiger partial charge in [0, 0.05) is 11.8 Å². The Morgan fingerprint density at radius 1 is 0.679 bits per heavy atom. The van der Waals surface area contributed by atoms with Crippen LogP contribution < -0.4 is 15.6 Å². The van der Waals surface area contributed by atoms with Gasteiger partial charge in [0.1, 0.15) is 5.78 Å². The maximum absolute atomic E-state index is 12.1. The molecule has 3 heteroatoms. The van der Waals surface area contributed by atoms with Crippen molar-refractivity contribution < 1.29 is 9.22 Å². The van der Waals surface area contributed by atoms with Crippen LogP contribution in [0.3, 0.4) is 0 Å². The van der Waals surface area contributed by atoms with Gasteiger partial charge in [-0.15, -0.1) is 0 Å². The molecule has 0 heterocycles. The van der Waals surface area contributed by atoms with Crippen molar-refractivity contribution in [2.45, 2.75) is 12.5 Å². The van der Waals surface area contributed by atoms with Crippen LogP contribution >= 0.6 is 0 Å². The van der Waals surface area contributed by atoms with E-state index in [1.54, 1.807) is 0 Å². The summed E-state index contributed by atoms with van der Waals surface area (Å²) in [4.78, 5) is 12.1. The maximum atomic E-state index is 12.1. The second-order valence-electron chi connectivity index (χ2n) is 8.36. The van der Waals surface area contributed by atoms with E-state index < -0.39 is 8.32 Å². The van der Waals surface area contributed by atoms with E-state index in [2.05, 4.69) is 91.0 Å². The predicted octanol–water partition coefficient (Wildman–Crippen LogP) is 2.50. The second kappa shape index (κ2) is 6.00. The van der Waals surface area contributed by atoms with E-state index >= 15 is 0 Å². The quantitative estimate of drug-likeness (QED) is 0.501. The van der Waals surface area contributed by atoms with Gasteiger partial charge in [0.2, 0.25) is 0 Å². The molecule has 6 rings (SSSR count). The monoisotopic (exact) mass is 382 g/mol. The zero-order valence-corrected chi connectivity index (χ0v) is 16.6. The lowest BCUT2D eigenvalue weighted by molar-refractivity contribution is -0.132. The van der Waals surface area contributed by atoms with Crippen LogP contribution in [0.5, 0.6) is 0 Å². The number of ketones is 1. The number of Topliss-reactive ketones (excluding diaryl/α,β-unsaturated/α-hetero) is 1. The second-order valence-corrected chi connectivity index (χ2v) is 11.7. The fourth-order valence-corrected chi connectivity index (χ4v) is 9.91. The fourth-order valence-electron chi connectivity index (χ4n) is 5.81. The first-order valence-electron chi connectivity index (χ1n) is 10.2. The number of hydrogen-bond acceptors (Lipinski definition) is 2. The molecule has 3 aromatic carbocycles. The van der Waals surface area contributed by atoms with E-state index in [0.717, 1.165) is 6.42 Å². The summed E-state index contributed by atoms with van der Waals surface area (Å²) in [5, 5.41) is 3.82. The van der Waals surface area contributed by atoms with Crippen LogP contribution in [0.15, 0.2) is 91.0 Å². The Morgan fingerprint density at radius 2 is 1.14 bits per heavy atom. The SMILES string of the molecule is O=C1C2CC(O[Si](c3ccccc3)(c3ccccc3)c3ccccc3)C3C1C23. The highest BCUT2D eigenvalue weighted by atomic mass is 28.4. The molecule has 0 saturated heterocycles. The molecular formula is C25H22O2Si. The van der Waals surface area contributed by atoms with E-state index in [-0.39, 0.29) is 12.0 Å². The van der Waals surface area contributed by atoms with Crippen molar-refractivity contribution in [1.82, 2.24) is 0 Å². The molecule has 0 radical (unpaired) electrons. The van der Waals surface area contributed by atoms with Crippen molar-refractivity contribution in [2.75, 3.05) is 0 Å². The molecule has 2 nitrogen and oxygen atoms in total. The largest absolute Gasteiger partial charge is 0.401 e. The van der Waals surface area contributed by atoms with Gasteiger partial charge in [-0.25, -0.2) is 0 Å². The van der Waals surface area contributed by atoms with Crippen molar-refractivity contribution >= 4 is 29.7 Å². The highest BCUT2D eigenvalue weighted by Crippen LogP contribution is 2.71. The van der Waals surface area contributed by atoms with Gasteiger partial charge >= 0.3 is 0 Å². The van der Waals surface area contributed by atoms with E-state index in [0.29, 0.717) is 23.5 Å². The highest BCUT2D eigenvalue weighted by Gasteiger charge is 2.77. The van der Waals surface area contributed by atoms with Crippen LogP contribution in [0.2, 0.25) is 0 Å². The standard InChI is InChI=1S/C25H22O2Si/c26-25-20-16-21(23-22(20)24(23)25)27-28(17-10-4-1-5-11-17,18-12-6-2-7-13-18)19-14-8-3-9-15-19/h1-15,20-24H,16H2. The third-order valence-corrected chi connectivity index (χ3v) is 11.2. The number of benzene rings is 3. The van der Waals surface area contributed by atoms with Crippen molar-refractivity contribution in [1.29, 1.82) is 0 Å². The Labute approximate surface area is 166 Å². The minimum Gasteiger partial charge on any atom is -0.401 e. The summed E-state index contributed by atoms with van der Waals surface area (Å²) in [7, 11) is -2.65. The lowest BCUT2D eigenvalue weighted by Crippen LogP contribution is -2.70. The molecule has 0 aromatic heterocycles. The molecule has 0 bridgehead atoms. The highest BCUT2D eigenvalue weighted by molar-refractivity contribution is 7.07. The van der Waals surface area contributed by atoms with Crippen LogP contribution in [0.4, 0.5) is 0 Å². The molecule has 3 aliphatic rings. The van der Waals surface area contributed by atoms with Gasteiger partial charge in [-0.1, -0.05) is 91.0 Å². The van der Waals surface area contributed by atoms with Gasteiger partial charge in [0.15, 0.2) is 0 Å². The van der Waals surface area contributed by atoms with Crippen molar-refractivity contribution in [2.24, 2.45) is 23.7 Å². The molecule has 0 amide bonds. The van der Waals surface area contributed by atoms with Gasteiger partial charge < -0.3 is 4.43 Å². The van der Waals surface area contributed by atoms with Crippen LogP contribution in [0.25, 0.3) is 0 Å². The molecule has 0 spiro atoms. The predicted molar refractivity (Wildman–Crippen MR) is 112 cm³/mol. The Bertz CT molecular complexity index is 922. The summed E-state index contributed by atoms with van der Waals surface area (Å²) in [5.74, 6) is 2.15. The molecule has 5 unspecified atom stereocenters. The van der Waals surface area contributed by atoms with Crippen LogP contribution in [-0.4, -0.2) is 20.2 Å². The molecule has 0 aliphatic heterocycles. The topological polar surface area (TPSA) is 26.3 Å².